The van der Waals surface area contributed by atoms with Crippen molar-refractivity contribution in [1.29, 1.82) is 0 Å². The first-order valence-electron chi connectivity index (χ1n) is 5.69. The molecule has 2 rings (SSSR count). The van der Waals surface area contributed by atoms with Gasteiger partial charge in [-0.25, -0.2) is 8.78 Å². The third kappa shape index (κ3) is 1.82. The summed E-state index contributed by atoms with van der Waals surface area (Å²) in [6.45, 7) is 0.296. The van der Waals surface area contributed by atoms with Crippen LogP contribution in [0.25, 0.3) is 0 Å². The molecule has 1 saturated carbocycles. The van der Waals surface area contributed by atoms with Crippen molar-refractivity contribution in [2.45, 2.75) is 37.5 Å². The van der Waals surface area contributed by atoms with Gasteiger partial charge in [0.15, 0.2) is 0 Å². The zero-order valence-electron chi connectivity index (χ0n) is 9.18. The molecule has 0 radical (unpaired) electrons. The van der Waals surface area contributed by atoms with Crippen LogP contribution in [0.4, 0.5) is 8.78 Å². The molecule has 0 unspecified atom stereocenters. The van der Waals surface area contributed by atoms with Gasteiger partial charge < -0.3 is 5.73 Å². The van der Waals surface area contributed by atoms with Gasteiger partial charge >= 0.3 is 0 Å². The summed E-state index contributed by atoms with van der Waals surface area (Å²) in [4.78, 5) is 3.51. The molecule has 0 aliphatic heterocycles. The fraction of sp³-hybridized carbons (Fsp3) is 0.583. The predicted octanol–water partition coefficient (Wildman–Crippen LogP) is 2.52. The minimum atomic E-state index is -0.563. The molecule has 16 heavy (non-hydrogen) atoms. The third-order valence-electron chi connectivity index (χ3n) is 3.59. The summed E-state index contributed by atoms with van der Waals surface area (Å²) in [6, 6.07) is 0. The van der Waals surface area contributed by atoms with E-state index >= 15 is 0 Å². The van der Waals surface area contributed by atoms with Crippen LogP contribution in [0.1, 0.15) is 37.7 Å². The summed E-state index contributed by atoms with van der Waals surface area (Å²) in [5.41, 5.74) is 5.38. The molecule has 2 N–H and O–H groups in total. The number of hydrogen-bond acceptors (Lipinski definition) is 2. The van der Waals surface area contributed by atoms with E-state index in [2.05, 4.69) is 4.98 Å². The lowest BCUT2D eigenvalue weighted by atomic mass is 9.69. The molecule has 1 heterocycles. The average molecular weight is 226 g/mol. The van der Waals surface area contributed by atoms with Crippen LogP contribution in [-0.4, -0.2) is 11.5 Å². The van der Waals surface area contributed by atoms with Crippen LogP contribution in [0.3, 0.4) is 0 Å². The van der Waals surface area contributed by atoms with Crippen molar-refractivity contribution in [3.63, 3.8) is 0 Å². The fourth-order valence-electron chi connectivity index (χ4n) is 2.70. The SMILES string of the molecule is NCC1(c2c(F)cncc2F)CCCCC1. The summed E-state index contributed by atoms with van der Waals surface area (Å²) in [6.07, 6.45) is 6.77. The summed E-state index contributed by atoms with van der Waals surface area (Å²) in [5, 5.41) is 0. The van der Waals surface area contributed by atoms with E-state index in [1.165, 1.54) is 0 Å². The summed E-state index contributed by atoms with van der Waals surface area (Å²) >= 11 is 0. The Morgan fingerprint density at radius 3 is 2.19 bits per heavy atom. The molecule has 0 amide bonds. The lowest BCUT2D eigenvalue weighted by Gasteiger charge is -2.36. The molecule has 88 valence electrons. The Balaban J connectivity index is 2.46. The van der Waals surface area contributed by atoms with Gasteiger partial charge in [-0.3, -0.25) is 4.98 Å². The lowest BCUT2D eigenvalue weighted by Crippen LogP contribution is -2.39. The van der Waals surface area contributed by atoms with Gasteiger partial charge in [0.2, 0.25) is 0 Å². The minimum Gasteiger partial charge on any atom is -0.330 e. The van der Waals surface area contributed by atoms with Crippen LogP contribution in [0.15, 0.2) is 12.4 Å². The Kier molecular flexibility index (Phi) is 3.19. The average Bonchev–Trinajstić information content (AvgIpc) is 2.30. The molecule has 0 bridgehead atoms. The number of hydrogen-bond donors (Lipinski definition) is 1. The predicted molar refractivity (Wildman–Crippen MR) is 58.0 cm³/mol. The Labute approximate surface area is 93.9 Å². The van der Waals surface area contributed by atoms with Crippen LogP contribution in [-0.2, 0) is 5.41 Å². The van der Waals surface area contributed by atoms with Gasteiger partial charge in [-0.05, 0) is 12.8 Å². The molecule has 1 aliphatic carbocycles. The van der Waals surface area contributed by atoms with Crippen molar-refractivity contribution in [1.82, 2.24) is 4.98 Å². The van der Waals surface area contributed by atoms with Gasteiger partial charge in [-0.15, -0.1) is 0 Å². The van der Waals surface area contributed by atoms with E-state index in [9.17, 15) is 8.78 Å². The third-order valence-corrected chi connectivity index (χ3v) is 3.59. The number of nitrogens with two attached hydrogens (primary N) is 1. The normalized spacial score (nSPS) is 19.7. The smallest absolute Gasteiger partial charge is 0.148 e. The van der Waals surface area contributed by atoms with Crippen LogP contribution in [0.2, 0.25) is 0 Å². The van der Waals surface area contributed by atoms with E-state index in [0.29, 0.717) is 6.54 Å². The van der Waals surface area contributed by atoms with Crippen molar-refractivity contribution in [3.05, 3.63) is 29.6 Å². The number of nitrogens with zero attached hydrogens (tertiary/aromatic N) is 1. The first-order chi connectivity index (χ1) is 7.69. The van der Waals surface area contributed by atoms with E-state index in [-0.39, 0.29) is 5.56 Å². The monoisotopic (exact) mass is 226 g/mol. The van der Waals surface area contributed by atoms with Crippen molar-refractivity contribution in [2.24, 2.45) is 5.73 Å². The van der Waals surface area contributed by atoms with Gasteiger partial charge in [-0.2, -0.15) is 0 Å². The van der Waals surface area contributed by atoms with Crippen molar-refractivity contribution >= 4 is 0 Å². The molecule has 4 heteroatoms. The molecular weight excluding hydrogens is 210 g/mol. The van der Waals surface area contributed by atoms with Gasteiger partial charge in [0, 0.05) is 17.5 Å². The van der Waals surface area contributed by atoms with E-state index in [4.69, 9.17) is 5.73 Å². The first-order valence-corrected chi connectivity index (χ1v) is 5.69. The second-order valence-electron chi connectivity index (χ2n) is 4.52. The highest BCUT2D eigenvalue weighted by atomic mass is 19.1. The van der Waals surface area contributed by atoms with E-state index in [1.807, 2.05) is 0 Å². The van der Waals surface area contributed by atoms with Gasteiger partial charge in [0.05, 0.1) is 12.4 Å². The maximum absolute atomic E-state index is 13.7. The quantitative estimate of drug-likeness (QED) is 0.841. The molecule has 0 saturated heterocycles. The molecular formula is C12H16F2N2. The summed E-state index contributed by atoms with van der Waals surface area (Å²) in [7, 11) is 0. The standard InChI is InChI=1S/C12H16F2N2/c13-9-6-16-7-10(14)11(9)12(8-15)4-2-1-3-5-12/h6-7H,1-5,8,15H2. The van der Waals surface area contributed by atoms with E-state index in [0.717, 1.165) is 44.5 Å². The van der Waals surface area contributed by atoms with Crippen molar-refractivity contribution < 1.29 is 8.78 Å². The van der Waals surface area contributed by atoms with Crippen LogP contribution in [0.5, 0.6) is 0 Å². The van der Waals surface area contributed by atoms with E-state index < -0.39 is 17.0 Å². The van der Waals surface area contributed by atoms with Crippen LogP contribution < -0.4 is 5.73 Å². The maximum atomic E-state index is 13.7. The molecule has 0 aromatic carbocycles. The highest BCUT2D eigenvalue weighted by Crippen LogP contribution is 2.40. The van der Waals surface area contributed by atoms with Gasteiger partial charge in [0.1, 0.15) is 11.6 Å². The molecule has 1 aliphatic rings. The second kappa shape index (κ2) is 4.45. The van der Waals surface area contributed by atoms with Gasteiger partial charge in [0.25, 0.3) is 0 Å². The van der Waals surface area contributed by atoms with Crippen LogP contribution >= 0.6 is 0 Å². The molecule has 0 spiro atoms. The molecule has 2 nitrogen and oxygen atoms in total. The fourth-order valence-corrected chi connectivity index (χ4v) is 2.70. The van der Waals surface area contributed by atoms with Crippen molar-refractivity contribution in [2.75, 3.05) is 6.54 Å². The zero-order chi connectivity index (χ0) is 11.6. The zero-order valence-corrected chi connectivity index (χ0v) is 9.18. The van der Waals surface area contributed by atoms with Crippen LogP contribution in [0, 0.1) is 11.6 Å². The number of pyridine rings is 1. The highest BCUT2D eigenvalue weighted by Gasteiger charge is 2.37. The Bertz CT molecular complexity index is 353. The minimum absolute atomic E-state index is 0.143. The topological polar surface area (TPSA) is 38.9 Å². The summed E-state index contributed by atoms with van der Waals surface area (Å²) < 4.78 is 27.4. The van der Waals surface area contributed by atoms with E-state index in [1.54, 1.807) is 0 Å². The van der Waals surface area contributed by atoms with Crippen molar-refractivity contribution in [3.8, 4) is 0 Å². The largest absolute Gasteiger partial charge is 0.330 e. The summed E-state index contributed by atoms with van der Waals surface area (Å²) in [5.74, 6) is -1.13. The molecule has 1 aromatic heterocycles. The Hall–Kier alpha value is -1.03. The molecule has 0 atom stereocenters. The Morgan fingerprint density at radius 1 is 1.12 bits per heavy atom. The number of halogens is 2. The Morgan fingerprint density at radius 2 is 1.69 bits per heavy atom. The lowest BCUT2D eigenvalue weighted by molar-refractivity contribution is 0.280. The highest BCUT2D eigenvalue weighted by molar-refractivity contribution is 5.27. The molecule has 1 fully saturated rings. The first kappa shape index (κ1) is 11.5. The number of rotatable bonds is 2. The molecule has 1 aromatic rings. The second-order valence-corrected chi connectivity index (χ2v) is 4.52. The number of aromatic nitrogens is 1. The van der Waals surface area contributed by atoms with Gasteiger partial charge in [-0.1, -0.05) is 19.3 Å². The maximum Gasteiger partial charge on any atom is 0.148 e.